The fourth-order valence-corrected chi connectivity index (χ4v) is 5.07. The number of aromatic hydroxyl groups is 1. The summed E-state index contributed by atoms with van der Waals surface area (Å²) in [5, 5.41) is 18.8. The van der Waals surface area contributed by atoms with Crippen LogP contribution in [0.2, 0.25) is 0 Å². The molecule has 4 aromatic rings. The Balaban J connectivity index is 1.54. The van der Waals surface area contributed by atoms with E-state index in [4.69, 9.17) is 14.5 Å². The van der Waals surface area contributed by atoms with Crippen LogP contribution in [-0.2, 0) is 16.1 Å². The summed E-state index contributed by atoms with van der Waals surface area (Å²) in [6, 6.07) is 10.6. The second-order valence-electron chi connectivity index (χ2n) is 8.94. The maximum atomic E-state index is 13.8. The SMILES string of the molecule is COc1cccc(O)c1-n1c(N[S+]([O-])[C@H](C)C(OC(C)C)c2cn3ccccc3n2)nnc1C1=C=C=CN=C1. The lowest BCUT2D eigenvalue weighted by Crippen LogP contribution is -2.34. The second kappa shape index (κ2) is 11.2. The van der Waals surface area contributed by atoms with E-state index in [1.807, 2.05) is 55.8 Å². The molecule has 200 valence electrons. The Morgan fingerprint density at radius 1 is 1.13 bits per heavy atom. The molecule has 0 spiro atoms. The van der Waals surface area contributed by atoms with E-state index >= 15 is 0 Å². The van der Waals surface area contributed by atoms with Crippen molar-refractivity contribution in [1.29, 1.82) is 0 Å². The molecule has 39 heavy (non-hydrogen) atoms. The van der Waals surface area contributed by atoms with E-state index in [9.17, 15) is 9.66 Å². The van der Waals surface area contributed by atoms with Crippen molar-refractivity contribution in [3.05, 3.63) is 78.0 Å². The molecule has 4 heterocycles. The van der Waals surface area contributed by atoms with Gasteiger partial charge in [0.2, 0.25) is 0 Å². The van der Waals surface area contributed by atoms with Crippen LogP contribution in [0, 0.1) is 0 Å². The van der Waals surface area contributed by atoms with Crippen molar-refractivity contribution in [1.82, 2.24) is 24.1 Å². The summed E-state index contributed by atoms with van der Waals surface area (Å²) >= 11 is -1.73. The van der Waals surface area contributed by atoms with Crippen LogP contribution in [0.15, 0.2) is 71.4 Å². The number of allylic oxidation sites excluding steroid dienone is 1. The van der Waals surface area contributed by atoms with E-state index in [-0.39, 0.29) is 23.5 Å². The van der Waals surface area contributed by atoms with Gasteiger partial charge >= 0.3 is 0 Å². The number of anilines is 1. The smallest absolute Gasteiger partial charge is 0.271 e. The molecule has 5 rings (SSSR count). The molecule has 0 saturated carbocycles. The van der Waals surface area contributed by atoms with Crippen LogP contribution in [0.1, 0.15) is 38.4 Å². The van der Waals surface area contributed by atoms with Gasteiger partial charge < -0.3 is 23.5 Å². The number of nitrogens with one attached hydrogen (secondary N) is 1. The number of para-hydroxylation sites is 1. The van der Waals surface area contributed by atoms with Crippen molar-refractivity contribution < 1.29 is 19.1 Å². The van der Waals surface area contributed by atoms with Gasteiger partial charge in [0, 0.05) is 18.6 Å². The van der Waals surface area contributed by atoms with Crippen molar-refractivity contribution in [2.24, 2.45) is 4.99 Å². The van der Waals surface area contributed by atoms with E-state index in [1.54, 1.807) is 18.3 Å². The van der Waals surface area contributed by atoms with Gasteiger partial charge in [-0.25, -0.2) is 4.98 Å². The summed E-state index contributed by atoms with van der Waals surface area (Å²) in [6.07, 6.45) is 6.05. The zero-order valence-corrected chi connectivity index (χ0v) is 22.6. The number of phenols is 1. The Morgan fingerprint density at radius 2 is 1.97 bits per heavy atom. The van der Waals surface area contributed by atoms with E-state index in [0.717, 1.165) is 5.65 Å². The van der Waals surface area contributed by atoms with Gasteiger partial charge in [0.15, 0.2) is 17.2 Å². The Bertz CT molecular complexity index is 1600. The molecule has 0 aliphatic carbocycles. The molecule has 1 aromatic carbocycles. The van der Waals surface area contributed by atoms with Gasteiger partial charge in [-0.1, -0.05) is 17.9 Å². The van der Waals surface area contributed by atoms with Crippen molar-refractivity contribution in [2.45, 2.75) is 38.2 Å². The predicted molar refractivity (Wildman–Crippen MR) is 148 cm³/mol. The summed E-state index contributed by atoms with van der Waals surface area (Å²) in [7, 11) is 1.49. The number of aliphatic imine (C=N–C) groups is 1. The molecule has 3 atom stereocenters. The van der Waals surface area contributed by atoms with Gasteiger partial charge in [-0.3, -0.25) is 9.56 Å². The Labute approximate surface area is 228 Å². The maximum Gasteiger partial charge on any atom is 0.271 e. The number of hydrogen-bond donors (Lipinski definition) is 2. The summed E-state index contributed by atoms with van der Waals surface area (Å²) in [5.74, 6) is 0.680. The van der Waals surface area contributed by atoms with Crippen molar-refractivity contribution in [3.63, 3.8) is 0 Å². The molecule has 0 fully saturated rings. The molecule has 1 aliphatic heterocycles. The lowest BCUT2D eigenvalue weighted by atomic mass is 10.2. The predicted octanol–water partition coefficient (Wildman–Crippen LogP) is 4.00. The lowest BCUT2D eigenvalue weighted by molar-refractivity contribution is 0.00442. The Morgan fingerprint density at radius 3 is 2.69 bits per heavy atom. The molecule has 1 aliphatic rings. The zero-order chi connectivity index (χ0) is 27.5. The van der Waals surface area contributed by atoms with Crippen LogP contribution < -0.4 is 9.46 Å². The number of imidazole rings is 1. The normalized spacial score (nSPS) is 15.0. The third-order valence-corrected chi connectivity index (χ3v) is 7.23. The molecule has 0 amide bonds. The molecular formula is C27H27N7O4S. The monoisotopic (exact) mass is 545 g/mol. The highest BCUT2D eigenvalue weighted by molar-refractivity contribution is 7.93. The van der Waals surface area contributed by atoms with Gasteiger partial charge in [0.1, 0.15) is 22.8 Å². The number of methoxy groups -OCH3 is 1. The Hall–Kier alpha value is -4.31. The van der Waals surface area contributed by atoms with Crippen molar-refractivity contribution >= 4 is 34.7 Å². The molecule has 0 saturated heterocycles. The van der Waals surface area contributed by atoms with Crippen molar-refractivity contribution in [3.8, 4) is 17.2 Å². The van der Waals surface area contributed by atoms with E-state index in [2.05, 4.69) is 31.4 Å². The number of aromatic nitrogens is 5. The number of benzene rings is 1. The largest absolute Gasteiger partial charge is 0.593 e. The zero-order valence-electron chi connectivity index (χ0n) is 21.8. The number of hydrogen-bond acceptors (Lipinski definition) is 9. The highest BCUT2D eigenvalue weighted by Crippen LogP contribution is 2.36. The molecule has 0 radical (unpaired) electrons. The summed E-state index contributed by atoms with van der Waals surface area (Å²) < 4.78 is 31.9. The highest BCUT2D eigenvalue weighted by Gasteiger charge is 2.35. The first-order chi connectivity index (χ1) is 18.9. The van der Waals surface area contributed by atoms with Crippen LogP contribution in [0.5, 0.6) is 11.5 Å². The molecule has 3 aromatic heterocycles. The quantitative estimate of drug-likeness (QED) is 0.226. The van der Waals surface area contributed by atoms with Crippen LogP contribution in [0.25, 0.3) is 16.9 Å². The van der Waals surface area contributed by atoms with E-state index < -0.39 is 22.7 Å². The number of nitrogens with zero attached hydrogens (tertiary/aromatic N) is 6. The standard InChI is InChI=1S/C27H27N7O4S/c1-17(2)38-25(20-16-33-14-6-5-12-23(33)29-20)18(3)39(36)32-27-31-30-26(19-9-8-13-28-15-19)34(27)24-21(35)10-7-11-22(24)37-4/h5-7,10-18,25,35H,1-4H3,(H,31,32)/t18-,25?,39?/m1/s1. The summed E-state index contributed by atoms with van der Waals surface area (Å²) in [6.45, 7) is 5.65. The van der Waals surface area contributed by atoms with Crippen LogP contribution in [0.4, 0.5) is 5.95 Å². The average Bonchev–Trinajstić information content (AvgIpc) is 3.55. The fraction of sp³-hybridized carbons (Fsp3) is 0.259. The molecule has 2 unspecified atom stereocenters. The van der Waals surface area contributed by atoms with Gasteiger partial charge in [0.05, 0.1) is 42.0 Å². The lowest BCUT2D eigenvalue weighted by Gasteiger charge is -2.26. The minimum absolute atomic E-state index is 0.0872. The summed E-state index contributed by atoms with van der Waals surface area (Å²) in [4.78, 5) is 8.79. The van der Waals surface area contributed by atoms with Gasteiger partial charge in [-0.05, 0) is 50.8 Å². The number of ether oxygens (including phenoxy) is 2. The Kier molecular flexibility index (Phi) is 7.56. The first kappa shape index (κ1) is 26.3. The van der Waals surface area contributed by atoms with Gasteiger partial charge in [-0.15, -0.1) is 10.2 Å². The van der Waals surface area contributed by atoms with Crippen LogP contribution in [-0.4, -0.2) is 58.5 Å². The molecule has 0 bridgehead atoms. The number of fused-ring (bicyclic) bond motifs is 1. The minimum Gasteiger partial charge on any atom is -0.593 e. The van der Waals surface area contributed by atoms with Gasteiger partial charge in [0.25, 0.3) is 5.95 Å². The number of rotatable bonds is 10. The molecule has 2 N–H and O–H groups in total. The first-order valence-corrected chi connectivity index (χ1v) is 13.4. The van der Waals surface area contributed by atoms with Crippen LogP contribution in [0.3, 0.4) is 0 Å². The third-order valence-electron chi connectivity index (χ3n) is 5.92. The van der Waals surface area contributed by atoms with Crippen LogP contribution >= 0.6 is 0 Å². The third kappa shape index (κ3) is 5.33. The molecule has 12 heteroatoms. The number of pyridine rings is 1. The molecular weight excluding hydrogens is 518 g/mol. The second-order valence-corrected chi connectivity index (χ2v) is 10.5. The summed E-state index contributed by atoms with van der Waals surface area (Å²) in [5.41, 5.74) is 7.89. The maximum absolute atomic E-state index is 13.8. The van der Waals surface area contributed by atoms with E-state index in [1.165, 1.54) is 23.9 Å². The topological polar surface area (TPSA) is 134 Å². The van der Waals surface area contributed by atoms with E-state index in [0.29, 0.717) is 22.8 Å². The highest BCUT2D eigenvalue weighted by atomic mass is 32.2. The first-order valence-electron chi connectivity index (χ1n) is 12.2. The fourth-order valence-electron chi connectivity index (χ4n) is 4.14. The van der Waals surface area contributed by atoms with Gasteiger partial charge in [-0.2, -0.15) is 4.72 Å². The van der Waals surface area contributed by atoms with Crippen molar-refractivity contribution in [2.75, 3.05) is 11.8 Å². The average molecular weight is 546 g/mol. The minimum atomic E-state index is -1.73. The molecule has 11 nitrogen and oxygen atoms in total. The number of phenolic OH excluding ortho intramolecular Hbond substituents is 1.